The zero-order valence-corrected chi connectivity index (χ0v) is 10.1. The van der Waals surface area contributed by atoms with Gasteiger partial charge < -0.3 is 5.73 Å². The highest BCUT2D eigenvalue weighted by atomic mass is 32.2. The monoisotopic (exact) mass is 236 g/mol. The lowest BCUT2D eigenvalue weighted by atomic mass is 10.1. The van der Waals surface area contributed by atoms with E-state index in [1.54, 1.807) is 14.1 Å². The number of hydrazine groups is 1. The lowest BCUT2D eigenvalue weighted by Crippen LogP contribution is -2.54. The van der Waals surface area contributed by atoms with Crippen LogP contribution in [-0.4, -0.2) is 51.0 Å². The van der Waals surface area contributed by atoms with Crippen molar-refractivity contribution in [2.45, 2.75) is 25.3 Å². The van der Waals surface area contributed by atoms with Crippen LogP contribution in [0.3, 0.4) is 0 Å². The lowest BCUT2D eigenvalue weighted by molar-refractivity contribution is 0.240. The topological polar surface area (TPSA) is 78.7 Å². The van der Waals surface area contributed by atoms with Crippen molar-refractivity contribution >= 4 is 10.2 Å². The van der Waals surface area contributed by atoms with Crippen LogP contribution in [0.1, 0.15) is 19.3 Å². The van der Waals surface area contributed by atoms with E-state index in [-0.39, 0.29) is 6.04 Å². The van der Waals surface area contributed by atoms with Crippen molar-refractivity contribution in [3.63, 3.8) is 0 Å². The Morgan fingerprint density at radius 1 is 1.47 bits per heavy atom. The van der Waals surface area contributed by atoms with Crippen LogP contribution in [-0.2, 0) is 10.2 Å². The Kier molecular flexibility index (Phi) is 4.47. The molecule has 0 aromatic carbocycles. The van der Waals surface area contributed by atoms with Crippen LogP contribution in [0.15, 0.2) is 0 Å². The largest absolute Gasteiger partial charge is 0.329 e. The molecule has 0 aromatic rings. The van der Waals surface area contributed by atoms with Gasteiger partial charge in [0.05, 0.1) is 0 Å². The van der Waals surface area contributed by atoms with Crippen LogP contribution in [0.4, 0.5) is 0 Å². The van der Waals surface area contributed by atoms with Gasteiger partial charge in [-0.1, -0.05) is 6.42 Å². The van der Waals surface area contributed by atoms with Crippen molar-refractivity contribution in [2.24, 2.45) is 5.73 Å². The summed E-state index contributed by atoms with van der Waals surface area (Å²) in [5, 5.41) is 1.43. The quantitative estimate of drug-likeness (QED) is 0.621. The molecule has 0 aliphatic carbocycles. The van der Waals surface area contributed by atoms with Crippen LogP contribution in [0.2, 0.25) is 0 Å². The molecule has 1 rings (SSSR count). The SMILES string of the molecule is CN(C)NS(=O)(=O)N1CCCCC1CN. The number of nitrogens with two attached hydrogens (primary N) is 1. The first-order valence-electron chi connectivity index (χ1n) is 5.14. The maximum Gasteiger partial charge on any atom is 0.292 e. The van der Waals surface area contributed by atoms with Gasteiger partial charge in [-0.15, -0.1) is 4.83 Å². The fourth-order valence-electron chi connectivity index (χ4n) is 1.81. The van der Waals surface area contributed by atoms with Gasteiger partial charge in [-0.25, -0.2) is 5.01 Å². The van der Waals surface area contributed by atoms with Crippen LogP contribution >= 0.6 is 0 Å². The van der Waals surface area contributed by atoms with E-state index < -0.39 is 10.2 Å². The average Bonchev–Trinajstić information content (AvgIpc) is 2.16. The Morgan fingerprint density at radius 3 is 2.67 bits per heavy atom. The first kappa shape index (κ1) is 12.9. The van der Waals surface area contributed by atoms with E-state index in [2.05, 4.69) is 4.83 Å². The maximum atomic E-state index is 11.9. The molecule has 1 fully saturated rings. The predicted molar refractivity (Wildman–Crippen MR) is 59.1 cm³/mol. The Hall–Kier alpha value is -0.210. The molecule has 1 unspecified atom stereocenters. The summed E-state index contributed by atoms with van der Waals surface area (Å²) in [5.41, 5.74) is 5.57. The summed E-state index contributed by atoms with van der Waals surface area (Å²) in [6.45, 7) is 0.944. The van der Waals surface area contributed by atoms with E-state index in [9.17, 15) is 8.42 Å². The molecule has 90 valence electrons. The minimum Gasteiger partial charge on any atom is -0.329 e. The first-order valence-corrected chi connectivity index (χ1v) is 6.58. The highest BCUT2D eigenvalue weighted by Crippen LogP contribution is 2.18. The van der Waals surface area contributed by atoms with Crippen LogP contribution in [0.5, 0.6) is 0 Å². The van der Waals surface area contributed by atoms with E-state index in [0.717, 1.165) is 19.3 Å². The van der Waals surface area contributed by atoms with Gasteiger partial charge in [0.1, 0.15) is 0 Å². The molecular formula is C8H20N4O2S. The fourth-order valence-corrected chi connectivity index (χ4v) is 3.33. The van der Waals surface area contributed by atoms with Crippen LogP contribution in [0.25, 0.3) is 0 Å². The Labute approximate surface area is 91.6 Å². The summed E-state index contributed by atoms with van der Waals surface area (Å²) in [6.07, 6.45) is 2.81. The molecule has 0 bridgehead atoms. The molecular weight excluding hydrogens is 216 g/mol. The van der Waals surface area contributed by atoms with Crippen LogP contribution in [0, 0.1) is 0 Å². The second-order valence-electron chi connectivity index (χ2n) is 3.99. The molecule has 3 N–H and O–H groups in total. The smallest absolute Gasteiger partial charge is 0.292 e. The highest BCUT2D eigenvalue weighted by molar-refractivity contribution is 7.87. The number of piperidine rings is 1. The molecule has 0 spiro atoms. The van der Waals surface area contributed by atoms with Gasteiger partial charge in [-0.3, -0.25) is 0 Å². The van der Waals surface area contributed by atoms with Crippen molar-refractivity contribution in [3.05, 3.63) is 0 Å². The summed E-state index contributed by atoms with van der Waals surface area (Å²) in [7, 11) is -0.111. The van der Waals surface area contributed by atoms with Gasteiger partial charge in [0, 0.05) is 33.2 Å². The molecule has 7 heteroatoms. The number of hydrogen-bond donors (Lipinski definition) is 2. The van der Waals surface area contributed by atoms with Gasteiger partial charge >= 0.3 is 0 Å². The zero-order chi connectivity index (χ0) is 11.5. The standard InChI is InChI=1S/C8H20N4O2S/c1-11(2)10-15(13,14)12-6-4-3-5-8(12)7-9/h8,10H,3-7,9H2,1-2H3. The molecule has 0 aromatic heterocycles. The minimum absolute atomic E-state index is 0.0591. The van der Waals surface area contributed by atoms with E-state index in [1.165, 1.54) is 9.31 Å². The van der Waals surface area contributed by atoms with Crippen molar-refractivity contribution in [3.8, 4) is 0 Å². The fraction of sp³-hybridized carbons (Fsp3) is 1.00. The molecule has 0 radical (unpaired) electrons. The Bertz CT molecular complexity index is 291. The summed E-state index contributed by atoms with van der Waals surface area (Å²) in [4.78, 5) is 2.43. The molecule has 1 heterocycles. The summed E-state index contributed by atoms with van der Waals surface area (Å²) in [6, 6.07) is -0.0591. The number of rotatable bonds is 4. The van der Waals surface area contributed by atoms with Crippen molar-refractivity contribution < 1.29 is 8.42 Å². The number of hydrogen-bond acceptors (Lipinski definition) is 4. The van der Waals surface area contributed by atoms with Gasteiger partial charge in [0.2, 0.25) is 0 Å². The average molecular weight is 236 g/mol. The second kappa shape index (κ2) is 5.22. The van der Waals surface area contributed by atoms with Gasteiger partial charge in [0.25, 0.3) is 10.2 Å². The molecule has 1 aliphatic heterocycles. The van der Waals surface area contributed by atoms with Gasteiger partial charge in [0.15, 0.2) is 0 Å². The summed E-state index contributed by atoms with van der Waals surface area (Å²) in [5.74, 6) is 0. The second-order valence-corrected chi connectivity index (χ2v) is 5.59. The number of nitrogens with one attached hydrogen (secondary N) is 1. The lowest BCUT2D eigenvalue weighted by Gasteiger charge is -2.34. The molecule has 0 saturated carbocycles. The van der Waals surface area contributed by atoms with Crippen molar-refractivity contribution in [1.82, 2.24) is 14.1 Å². The number of nitrogens with zero attached hydrogens (tertiary/aromatic N) is 2. The minimum atomic E-state index is -3.41. The summed E-state index contributed by atoms with van der Waals surface area (Å²) >= 11 is 0. The Balaban J connectivity index is 2.74. The highest BCUT2D eigenvalue weighted by Gasteiger charge is 2.31. The van der Waals surface area contributed by atoms with E-state index in [4.69, 9.17) is 5.73 Å². The maximum absolute atomic E-state index is 11.9. The molecule has 1 aliphatic rings. The third kappa shape index (κ3) is 3.39. The normalized spacial score (nSPS) is 24.7. The van der Waals surface area contributed by atoms with Gasteiger partial charge in [-0.05, 0) is 12.8 Å². The van der Waals surface area contributed by atoms with Crippen molar-refractivity contribution in [1.29, 1.82) is 0 Å². The van der Waals surface area contributed by atoms with E-state index in [1.807, 2.05) is 0 Å². The molecule has 1 saturated heterocycles. The molecule has 0 amide bonds. The third-order valence-electron chi connectivity index (χ3n) is 2.45. The first-order chi connectivity index (χ1) is 6.97. The summed E-state index contributed by atoms with van der Waals surface area (Å²) < 4.78 is 25.2. The third-order valence-corrected chi connectivity index (χ3v) is 4.15. The van der Waals surface area contributed by atoms with Crippen LogP contribution < -0.4 is 10.6 Å². The van der Waals surface area contributed by atoms with Crippen molar-refractivity contribution in [2.75, 3.05) is 27.2 Å². The zero-order valence-electron chi connectivity index (χ0n) is 9.31. The van der Waals surface area contributed by atoms with E-state index >= 15 is 0 Å². The van der Waals surface area contributed by atoms with E-state index in [0.29, 0.717) is 13.1 Å². The Morgan fingerprint density at radius 2 is 2.13 bits per heavy atom. The van der Waals surface area contributed by atoms with Gasteiger partial charge in [-0.2, -0.15) is 12.7 Å². The molecule has 6 nitrogen and oxygen atoms in total. The molecule has 15 heavy (non-hydrogen) atoms. The molecule has 1 atom stereocenters. The predicted octanol–water partition coefficient (Wildman–Crippen LogP) is -0.889.